The van der Waals surface area contributed by atoms with Gasteiger partial charge in [-0.1, -0.05) is 0 Å². The van der Waals surface area contributed by atoms with Crippen LogP contribution in [0.3, 0.4) is 0 Å². The molecule has 1 heterocycles. The number of carboxylic acids is 1. The van der Waals surface area contributed by atoms with Crippen LogP contribution < -0.4 is 5.32 Å². The van der Waals surface area contributed by atoms with Crippen LogP contribution >= 0.6 is 0 Å². The van der Waals surface area contributed by atoms with E-state index < -0.39 is 11.4 Å². The van der Waals surface area contributed by atoms with Crippen LogP contribution in [0.25, 0.3) is 0 Å². The van der Waals surface area contributed by atoms with Crippen LogP contribution in [0.5, 0.6) is 0 Å². The second kappa shape index (κ2) is 3.53. The zero-order valence-corrected chi connectivity index (χ0v) is 11.2. The van der Waals surface area contributed by atoms with Gasteiger partial charge in [-0.3, -0.25) is 9.59 Å². The summed E-state index contributed by atoms with van der Waals surface area (Å²) in [5.74, 6) is 1.35. The fourth-order valence-electron chi connectivity index (χ4n) is 6.10. The van der Waals surface area contributed by atoms with Crippen molar-refractivity contribution in [2.24, 2.45) is 28.6 Å². The Labute approximate surface area is 112 Å². The minimum atomic E-state index is -0.819. The summed E-state index contributed by atoms with van der Waals surface area (Å²) < 4.78 is 0. The minimum absolute atomic E-state index is 0.0712. The molecule has 0 aromatic heterocycles. The van der Waals surface area contributed by atoms with E-state index in [1.165, 1.54) is 19.3 Å². The van der Waals surface area contributed by atoms with Crippen molar-refractivity contribution >= 4 is 11.9 Å². The Morgan fingerprint density at radius 2 is 1.63 bits per heavy atom. The number of rotatable bonds is 2. The molecule has 5 rings (SSSR count). The number of carbonyl (C=O) groups excluding carboxylic acids is 1. The summed E-state index contributed by atoms with van der Waals surface area (Å²) in [7, 11) is 0. The van der Waals surface area contributed by atoms with Gasteiger partial charge in [-0.05, 0) is 61.7 Å². The lowest BCUT2D eigenvalue weighted by Gasteiger charge is -2.61. The summed E-state index contributed by atoms with van der Waals surface area (Å²) in [6.07, 6.45) is 7.23. The number of carboxylic acid groups (broad SMARTS) is 1. The molecule has 1 unspecified atom stereocenters. The number of aliphatic carboxylic acids is 1. The van der Waals surface area contributed by atoms with Crippen LogP contribution in [0, 0.1) is 28.6 Å². The zero-order valence-electron chi connectivity index (χ0n) is 11.2. The molecule has 0 radical (unpaired) electrons. The lowest BCUT2D eigenvalue weighted by molar-refractivity contribution is -0.176. The Morgan fingerprint density at radius 1 is 1.11 bits per heavy atom. The first-order chi connectivity index (χ1) is 9.03. The van der Waals surface area contributed by atoms with Gasteiger partial charge in [0.1, 0.15) is 0 Å². The maximum absolute atomic E-state index is 12.0. The van der Waals surface area contributed by atoms with E-state index in [4.69, 9.17) is 0 Å². The van der Waals surface area contributed by atoms with Gasteiger partial charge in [-0.2, -0.15) is 0 Å². The molecule has 1 amide bonds. The quantitative estimate of drug-likeness (QED) is 0.798. The number of nitrogens with one attached hydrogen (secondary N) is 1. The summed E-state index contributed by atoms with van der Waals surface area (Å²) in [6, 6.07) is 0. The first-order valence-corrected chi connectivity index (χ1v) is 7.53. The monoisotopic (exact) mass is 263 g/mol. The zero-order chi connectivity index (χ0) is 13.3. The van der Waals surface area contributed by atoms with Crippen molar-refractivity contribution in [1.82, 2.24) is 5.32 Å². The summed E-state index contributed by atoms with van der Waals surface area (Å²) in [5.41, 5.74) is -0.924. The third-order valence-electron chi connectivity index (χ3n) is 6.51. The maximum Gasteiger partial charge on any atom is 0.312 e. The van der Waals surface area contributed by atoms with Gasteiger partial charge in [-0.25, -0.2) is 0 Å². The first kappa shape index (κ1) is 11.7. The van der Waals surface area contributed by atoms with Crippen molar-refractivity contribution < 1.29 is 14.7 Å². The summed E-state index contributed by atoms with van der Waals surface area (Å²) >= 11 is 0. The van der Waals surface area contributed by atoms with Crippen LogP contribution in [0.4, 0.5) is 0 Å². The Balaban J connectivity index is 1.77. The largest absolute Gasteiger partial charge is 0.481 e. The second-order valence-electron chi connectivity index (χ2n) is 7.54. The van der Waals surface area contributed by atoms with Gasteiger partial charge in [0.15, 0.2) is 0 Å². The molecule has 4 heteroatoms. The molecule has 0 spiro atoms. The highest BCUT2D eigenvalue weighted by Gasteiger charge is 2.65. The molecule has 1 atom stereocenters. The van der Waals surface area contributed by atoms with Gasteiger partial charge in [0.2, 0.25) is 5.91 Å². The first-order valence-electron chi connectivity index (χ1n) is 7.53. The average molecular weight is 263 g/mol. The number of carbonyl (C=O) groups is 2. The Morgan fingerprint density at radius 3 is 2.00 bits per heavy atom. The summed E-state index contributed by atoms with van der Waals surface area (Å²) in [5, 5.41) is 12.6. The number of hydrogen-bond donors (Lipinski definition) is 2. The highest BCUT2D eigenvalue weighted by molar-refractivity contribution is 5.89. The van der Waals surface area contributed by atoms with Crippen LogP contribution in [0.15, 0.2) is 0 Å². The predicted octanol–water partition coefficient (Wildman–Crippen LogP) is 1.79. The van der Waals surface area contributed by atoms with Crippen LogP contribution in [-0.2, 0) is 9.59 Å². The summed E-state index contributed by atoms with van der Waals surface area (Å²) in [4.78, 5) is 23.7. The summed E-state index contributed by atoms with van der Waals surface area (Å²) in [6.45, 7) is 0.354. The second-order valence-corrected chi connectivity index (χ2v) is 7.54. The normalized spacial score (nSPS) is 51.4. The molecular formula is C15H21NO3. The minimum Gasteiger partial charge on any atom is -0.481 e. The van der Waals surface area contributed by atoms with Gasteiger partial charge in [0, 0.05) is 13.0 Å². The standard InChI is InChI=1S/C15H21NO3/c17-12-7-15(8-16-12,13(18)19)14-4-9-1-10(5-14)3-11(2-9)6-14/h9-11H,1-8H2,(H,16,17)(H,18,19). The third-order valence-corrected chi connectivity index (χ3v) is 6.51. The molecule has 2 N–H and O–H groups in total. The van der Waals surface area contributed by atoms with Gasteiger partial charge < -0.3 is 10.4 Å². The Bertz CT molecular complexity index is 423. The third kappa shape index (κ3) is 1.40. The molecule has 5 fully saturated rings. The van der Waals surface area contributed by atoms with Gasteiger partial charge in [0.05, 0.1) is 5.41 Å². The number of hydrogen-bond acceptors (Lipinski definition) is 2. The van der Waals surface area contributed by atoms with Crippen molar-refractivity contribution in [3.8, 4) is 0 Å². The maximum atomic E-state index is 12.0. The molecule has 19 heavy (non-hydrogen) atoms. The van der Waals surface area contributed by atoms with Gasteiger partial charge in [0.25, 0.3) is 0 Å². The molecule has 0 aromatic rings. The van der Waals surface area contributed by atoms with Crippen LogP contribution in [-0.4, -0.2) is 23.5 Å². The highest BCUT2D eigenvalue weighted by atomic mass is 16.4. The molecule has 4 saturated carbocycles. The van der Waals surface area contributed by atoms with Crippen LogP contribution in [0.1, 0.15) is 44.9 Å². The van der Waals surface area contributed by atoms with E-state index in [9.17, 15) is 14.7 Å². The fraction of sp³-hybridized carbons (Fsp3) is 0.867. The molecule has 4 nitrogen and oxygen atoms in total. The van der Waals surface area contributed by atoms with Gasteiger partial charge in [-0.15, -0.1) is 0 Å². The van der Waals surface area contributed by atoms with Crippen molar-refractivity contribution in [3.63, 3.8) is 0 Å². The van der Waals surface area contributed by atoms with Crippen molar-refractivity contribution in [3.05, 3.63) is 0 Å². The molecule has 1 aliphatic heterocycles. The lowest BCUT2D eigenvalue weighted by Crippen LogP contribution is -2.58. The Kier molecular flexibility index (Phi) is 2.18. The molecule has 5 aliphatic rings. The van der Waals surface area contributed by atoms with E-state index in [0.29, 0.717) is 6.54 Å². The SMILES string of the molecule is O=C1CC(C(=O)O)(C23CC4CC(CC(C4)C2)C3)CN1. The molecule has 0 aromatic carbocycles. The lowest BCUT2D eigenvalue weighted by atomic mass is 9.42. The topological polar surface area (TPSA) is 66.4 Å². The van der Waals surface area contributed by atoms with E-state index in [-0.39, 0.29) is 17.7 Å². The molecular weight excluding hydrogens is 242 g/mol. The molecule has 4 bridgehead atoms. The molecule has 1 saturated heterocycles. The average Bonchev–Trinajstić information content (AvgIpc) is 2.71. The van der Waals surface area contributed by atoms with Crippen molar-refractivity contribution in [2.75, 3.05) is 6.54 Å². The highest BCUT2D eigenvalue weighted by Crippen LogP contribution is 2.67. The van der Waals surface area contributed by atoms with E-state index in [1.807, 2.05) is 0 Å². The van der Waals surface area contributed by atoms with E-state index in [1.54, 1.807) is 0 Å². The Hall–Kier alpha value is -1.06. The number of amides is 1. The van der Waals surface area contributed by atoms with Crippen LogP contribution in [0.2, 0.25) is 0 Å². The van der Waals surface area contributed by atoms with E-state index in [2.05, 4.69) is 5.32 Å². The van der Waals surface area contributed by atoms with Crippen molar-refractivity contribution in [2.45, 2.75) is 44.9 Å². The molecule has 104 valence electrons. The van der Waals surface area contributed by atoms with E-state index >= 15 is 0 Å². The smallest absolute Gasteiger partial charge is 0.312 e. The van der Waals surface area contributed by atoms with E-state index in [0.717, 1.165) is 37.0 Å². The predicted molar refractivity (Wildman–Crippen MR) is 68.3 cm³/mol. The molecule has 4 aliphatic carbocycles. The van der Waals surface area contributed by atoms with Gasteiger partial charge >= 0.3 is 5.97 Å². The fourth-order valence-corrected chi connectivity index (χ4v) is 6.10. The van der Waals surface area contributed by atoms with Crippen molar-refractivity contribution in [1.29, 1.82) is 0 Å².